The van der Waals surface area contributed by atoms with Crippen LogP contribution in [0, 0.1) is 5.92 Å². The average Bonchev–Trinajstić information content (AvgIpc) is 2.14. The molecule has 1 aliphatic carbocycles. The van der Waals surface area contributed by atoms with E-state index in [4.69, 9.17) is 19.6 Å². The SMILES string of the molecule is O=P(O)(O)C(O)(C1CCCCC1)P(=O)(O)O. The molecule has 7 nitrogen and oxygen atoms in total. The van der Waals surface area contributed by atoms with Crippen molar-refractivity contribution in [3.05, 3.63) is 0 Å². The van der Waals surface area contributed by atoms with Crippen molar-refractivity contribution in [2.45, 2.75) is 37.2 Å². The van der Waals surface area contributed by atoms with E-state index < -0.39 is 26.2 Å². The third kappa shape index (κ3) is 2.41. The lowest BCUT2D eigenvalue weighted by Crippen LogP contribution is -2.38. The first kappa shape index (κ1) is 14.3. The molecule has 0 saturated heterocycles. The van der Waals surface area contributed by atoms with Crippen molar-refractivity contribution in [3.8, 4) is 0 Å². The second kappa shape index (κ2) is 4.50. The van der Waals surface area contributed by atoms with Crippen molar-refractivity contribution in [3.63, 3.8) is 0 Å². The van der Waals surface area contributed by atoms with Gasteiger partial charge in [-0.15, -0.1) is 0 Å². The fraction of sp³-hybridized carbons (Fsp3) is 1.00. The van der Waals surface area contributed by atoms with Gasteiger partial charge in [0.05, 0.1) is 0 Å². The molecule has 9 heteroatoms. The Balaban J connectivity index is 3.14. The van der Waals surface area contributed by atoms with E-state index >= 15 is 0 Å². The normalized spacial score (nSPS) is 21.1. The Labute approximate surface area is 92.8 Å². The monoisotopic (exact) mass is 274 g/mol. The summed E-state index contributed by atoms with van der Waals surface area (Å²) >= 11 is 0. The molecule has 0 spiro atoms. The Morgan fingerprint density at radius 2 is 1.25 bits per heavy atom. The molecule has 0 aromatic carbocycles. The van der Waals surface area contributed by atoms with Crippen LogP contribution in [-0.2, 0) is 9.13 Å². The van der Waals surface area contributed by atoms with Crippen LogP contribution in [0.5, 0.6) is 0 Å². The standard InChI is InChI=1S/C7H16O7P2/c8-7(15(9,10)11,16(12,13)14)6-4-2-1-3-5-6/h6,8H,1-5H2,(H2,9,10,11)(H2,12,13,14). The molecule has 0 bridgehead atoms. The van der Waals surface area contributed by atoms with Crippen LogP contribution < -0.4 is 0 Å². The highest BCUT2D eigenvalue weighted by Gasteiger charge is 2.63. The molecule has 1 fully saturated rings. The molecule has 0 heterocycles. The molecule has 1 aliphatic rings. The molecule has 5 N–H and O–H groups in total. The summed E-state index contributed by atoms with van der Waals surface area (Å²) in [5, 5.41) is 6.56. The lowest BCUT2D eigenvalue weighted by atomic mass is 9.89. The predicted octanol–water partition coefficient (Wildman–Crippen LogP) is 0.568. The Kier molecular flexibility index (Phi) is 4.03. The van der Waals surface area contributed by atoms with Gasteiger partial charge in [-0.25, -0.2) is 0 Å². The maximum absolute atomic E-state index is 11.2. The van der Waals surface area contributed by atoms with Gasteiger partial charge in [0.1, 0.15) is 0 Å². The van der Waals surface area contributed by atoms with E-state index in [1.807, 2.05) is 0 Å². The Morgan fingerprint density at radius 3 is 1.56 bits per heavy atom. The molecule has 0 amide bonds. The molecule has 96 valence electrons. The highest BCUT2D eigenvalue weighted by molar-refractivity contribution is 7.72. The average molecular weight is 274 g/mol. The molecule has 0 unspecified atom stereocenters. The molecule has 16 heavy (non-hydrogen) atoms. The highest BCUT2D eigenvalue weighted by Crippen LogP contribution is 2.72. The van der Waals surface area contributed by atoms with Crippen LogP contribution >= 0.6 is 15.2 Å². The van der Waals surface area contributed by atoms with Gasteiger partial charge in [-0.05, 0) is 12.8 Å². The van der Waals surface area contributed by atoms with Crippen LogP contribution in [0.1, 0.15) is 32.1 Å². The van der Waals surface area contributed by atoms with E-state index in [1.165, 1.54) is 0 Å². The van der Waals surface area contributed by atoms with Gasteiger partial charge in [0, 0.05) is 5.92 Å². The van der Waals surface area contributed by atoms with Crippen molar-refractivity contribution in [1.29, 1.82) is 0 Å². The van der Waals surface area contributed by atoms with Crippen molar-refractivity contribution in [2.24, 2.45) is 5.92 Å². The molecule has 0 aliphatic heterocycles. The fourth-order valence-corrected chi connectivity index (χ4v) is 4.96. The van der Waals surface area contributed by atoms with Gasteiger partial charge in [0.25, 0.3) is 5.08 Å². The molecular weight excluding hydrogens is 258 g/mol. The van der Waals surface area contributed by atoms with Crippen LogP contribution in [-0.4, -0.2) is 29.8 Å². The minimum atomic E-state index is -5.29. The second-order valence-corrected chi connectivity index (χ2v) is 8.00. The van der Waals surface area contributed by atoms with Crippen LogP contribution in [0.4, 0.5) is 0 Å². The van der Waals surface area contributed by atoms with Crippen molar-refractivity contribution >= 4 is 15.2 Å². The Bertz CT molecular complexity index is 315. The summed E-state index contributed by atoms with van der Waals surface area (Å²) in [6, 6.07) is 0. The zero-order valence-electron chi connectivity index (χ0n) is 8.56. The van der Waals surface area contributed by atoms with Crippen LogP contribution in [0.15, 0.2) is 0 Å². The summed E-state index contributed by atoms with van der Waals surface area (Å²) in [6.07, 6.45) is 2.48. The van der Waals surface area contributed by atoms with Crippen molar-refractivity contribution in [2.75, 3.05) is 0 Å². The summed E-state index contributed by atoms with van der Waals surface area (Å²) in [4.78, 5) is 36.0. The third-order valence-electron chi connectivity index (χ3n) is 3.01. The van der Waals surface area contributed by atoms with Gasteiger partial charge in [-0.1, -0.05) is 19.3 Å². The molecule has 0 aromatic rings. The maximum Gasteiger partial charge on any atom is 0.369 e. The lowest BCUT2D eigenvalue weighted by molar-refractivity contribution is 0.0608. The summed E-state index contributed by atoms with van der Waals surface area (Å²) in [6.45, 7) is 0. The van der Waals surface area contributed by atoms with Gasteiger partial charge in [0.2, 0.25) is 0 Å². The summed E-state index contributed by atoms with van der Waals surface area (Å²) in [5.74, 6) is -1.05. The zero-order valence-corrected chi connectivity index (χ0v) is 10.3. The number of aliphatic hydroxyl groups is 1. The van der Waals surface area contributed by atoms with E-state index in [0.717, 1.165) is 6.42 Å². The van der Waals surface area contributed by atoms with E-state index in [1.54, 1.807) is 0 Å². The fourth-order valence-electron chi connectivity index (χ4n) is 2.14. The molecule has 1 rings (SSSR count). The molecule has 0 aromatic heterocycles. The van der Waals surface area contributed by atoms with Gasteiger partial charge in [0.15, 0.2) is 0 Å². The van der Waals surface area contributed by atoms with Gasteiger partial charge in [-0.3, -0.25) is 9.13 Å². The third-order valence-corrected chi connectivity index (χ3v) is 7.02. The van der Waals surface area contributed by atoms with Gasteiger partial charge in [-0.2, -0.15) is 0 Å². The summed E-state index contributed by atoms with van der Waals surface area (Å²) in [5.41, 5.74) is 0. The van der Waals surface area contributed by atoms with Crippen molar-refractivity contribution in [1.82, 2.24) is 0 Å². The number of rotatable bonds is 3. The Hall–Kier alpha value is 0.260. The summed E-state index contributed by atoms with van der Waals surface area (Å²) in [7, 11) is -10.6. The van der Waals surface area contributed by atoms with Crippen LogP contribution in [0.25, 0.3) is 0 Å². The largest absolute Gasteiger partial charge is 0.369 e. The van der Waals surface area contributed by atoms with E-state index in [9.17, 15) is 14.2 Å². The quantitative estimate of drug-likeness (QED) is 0.474. The van der Waals surface area contributed by atoms with Crippen molar-refractivity contribution < 1.29 is 33.8 Å². The second-order valence-electron chi connectivity index (χ2n) is 4.11. The number of hydrogen-bond acceptors (Lipinski definition) is 3. The van der Waals surface area contributed by atoms with Gasteiger partial charge < -0.3 is 24.7 Å². The zero-order chi connectivity index (χ0) is 12.6. The first-order valence-corrected chi connectivity index (χ1v) is 8.17. The van der Waals surface area contributed by atoms with E-state index in [2.05, 4.69) is 0 Å². The topological polar surface area (TPSA) is 135 Å². The first-order chi connectivity index (χ1) is 7.11. The lowest BCUT2D eigenvalue weighted by Gasteiger charge is -2.38. The highest BCUT2D eigenvalue weighted by atomic mass is 31.2. The molecular formula is C7H16O7P2. The van der Waals surface area contributed by atoms with E-state index in [0.29, 0.717) is 12.8 Å². The first-order valence-electron chi connectivity index (χ1n) is 4.94. The van der Waals surface area contributed by atoms with Crippen LogP contribution in [0.2, 0.25) is 0 Å². The minimum Gasteiger partial charge on any atom is -0.367 e. The minimum absolute atomic E-state index is 0.215. The smallest absolute Gasteiger partial charge is 0.367 e. The Morgan fingerprint density at radius 1 is 0.875 bits per heavy atom. The van der Waals surface area contributed by atoms with Crippen LogP contribution in [0.3, 0.4) is 0 Å². The van der Waals surface area contributed by atoms with E-state index in [-0.39, 0.29) is 12.8 Å². The predicted molar refractivity (Wildman–Crippen MR) is 55.6 cm³/mol. The van der Waals surface area contributed by atoms with Gasteiger partial charge >= 0.3 is 15.2 Å². The molecule has 1 saturated carbocycles. The maximum atomic E-state index is 11.2. The molecule has 0 radical (unpaired) electrons. The molecule has 0 atom stereocenters. The number of hydrogen-bond donors (Lipinski definition) is 5. The summed E-state index contributed by atoms with van der Waals surface area (Å²) < 4.78 is 22.3.